The van der Waals surface area contributed by atoms with Gasteiger partial charge in [0.15, 0.2) is 11.6 Å². The van der Waals surface area contributed by atoms with Gasteiger partial charge < -0.3 is 4.98 Å². The number of carbonyl (C=O) groups excluding carboxylic acids is 1. The second-order valence-corrected chi connectivity index (χ2v) is 6.79. The van der Waals surface area contributed by atoms with E-state index in [0.717, 1.165) is 0 Å². The minimum Gasteiger partial charge on any atom is -0.338 e. The number of benzene rings is 2. The van der Waals surface area contributed by atoms with Gasteiger partial charge >= 0.3 is 0 Å². The van der Waals surface area contributed by atoms with Crippen molar-refractivity contribution in [2.45, 2.75) is 3.79 Å². The number of rotatable bonds is 2. The first-order valence-corrected chi connectivity index (χ1v) is 7.25. The third-order valence-electron chi connectivity index (χ3n) is 3.05. The van der Waals surface area contributed by atoms with Crippen LogP contribution in [0.25, 0.3) is 11.0 Å². The van der Waals surface area contributed by atoms with Crippen molar-refractivity contribution in [1.82, 2.24) is 9.97 Å². The highest BCUT2D eigenvalue weighted by Gasteiger charge is 2.27. The van der Waals surface area contributed by atoms with Crippen LogP contribution in [0, 0.1) is 0 Å². The number of aromatic amines is 1. The Balaban J connectivity index is 2.03. The van der Waals surface area contributed by atoms with Crippen LogP contribution in [0.4, 0.5) is 0 Å². The van der Waals surface area contributed by atoms with E-state index in [2.05, 4.69) is 9.97 Å². The van der Waals surface area contributed by atoms with E-state index < -0.39 is 3.79 Å². The molecular formula is C15H9Cl3N2O. The van der Waals surface area contributed by atoms with E-state index in [-0.39, 0.29) is 11.6 Å². The van der Waals surface area contributed by atoms with E-state index in [1.807, 2.05) is 18.2 Å². The molecular weight excluding hydrogens is 331 g/mol. The van der Waals surface area contributed by atoms with Crippen molar-refractivity contribution >= 4 is 51.6 Å². The minimum atomic E-state index is -1.62. The molecule has 1 aromatic heterocycles. The molecule has 0 aliphatic carbocycles. The molecule has 0 atom stereocenters. The van der Waals surface area contributed by atoms with E-state index in [9.17, 15) is 4.79 Å². The molecule has 0 radical (unpaired) electrons. The van der Waals surface area contributed by atoms with E-state index in [1.54, 1.807) is 30.3 Å². The molecule has 0 aliphatic heterocycles. The Labute approximate surface area is 135 Å². The molecule has 0 bridgehead atoms. The predicted octanol–water partition coefficient (Wildman–Crippen LogP) is 4.62. The van der Waals surface area contributed by atoms with Gasteiger partial charge in [-0.2, -0.15) is 0 Å². The molecule has 1 N–H and O–H groups in total. The maximum Gasteiger partial charge on any atom is 0.248 e. The fourth-order valence-corrected chi connectivity index (χ4v) is 2.31. The maximum atomic E-state index is 12.4. The lowest BCUT2D eigenvalue weighted by Crippen LogP contribution is -2.02. The van der Waals surface area contributed by atoms with Crippen LogP contribution in [0.2, 0.25) is 0 Å². The van der Waals surface area contributed by atoms with Gasteiger partial charge in [0.2, 0.25) is 3.79 Å². The van der Waals surface area contributed by atoms with Gasteiger partial charge in [-0.1, -0.05) is 65.1 Å². The Morgan fingerprint density at radius 2 is 1.71 bits per heavy atom. The Hall–Kier alpha value is -1.55. The average Bonchev–Trinajstić information content (AvgIpc) is 2.90. The summed E-state index contributed by atoms with van der Waals surface area (Å²) in [5.74, 6) is 0.161. The molecule has 1 heterocycles. The summed E-state index contributed by atoms with van der Waals surface area (Å²) in [4.78, 5) is 19.5. The number of hydrogen-bond donors (Lipinski definition) is 1. The molecule has 0 fully saturated rings. The summed E-state index contributed by atoms with van der Waals surface area (Å²) in [6, 6.07) is 14.2. The van der Waals surface area contributed by atoms with Gasteiger partial charge in [-0.15, -0.1) is 0 Å². The molecule has 21 heavy (non-hydrogen) atoms. The summed E-state index contributed by atoms with van der Waals surface area (Å²) in [7, 11) is 0. The Morgan fingerprint density at radius 3 is 2.38 bits per heavy atom. The van der Waals surface area contributed by atoms with E-state index in [4.69, 9.17) is 34.8 Å². The fraction of sp³-hybridized carbons (Fsp3) is 0.0667. The van der Waals surface area contributed by atoms with Crippen molar-refractivity contribution in [2.75, 3.05) is 0 Å². The summed E-state index contributed by atoms with van der Waals surface area (Å²) < 4.78 is -1.62. The molecule has 3 nitrogen and oxygen atoms in total. The summed E-state index contributed by atoms with van der Waals surface area (Å²) in [6.45, 7) is 0. The van der Waals surface area contributed by atoms with Crippen LogP contribution in [0.5, 0.6) is 0 Å². The number of carbonyl (C=O) groups is 1. The molecule has 2 aromatic carbocycles. The third-order valence-corrected chi connectivity index (χ3v) is 3.59. The van der Waals surface area contributed by atoms with Crippen molar-refractivity contribution in [2.24, 2.45) is 0 Å². The average molecular weight is 340 g/mol. The Bertz CT molecular complexity index is 807. The van der Waals surface area contributed by atoms with Crippen LogP contribution < -0.4 is 0 Å². The molecule has 0 saturated carbocycles. The number of ketones is 1. The van der Waals surface area contributed by atoms with Crippen LogP contribution in [0.15, 0.2) is 48.5 Å². The van der Waals surface area contributed by atoms with Crippen molar-refractivity contribution < 1.29 is 4.79 Å². The van der Waals surface area contributed by atoms with Crippen molar-refractivity contribution in [3.8, 4) is 0 Å². The van der Waals surface area contributed by atoms with Gasteiger partial charge in [0.1, 0.15) is 0 Å². The molecule has 3 rings (SSSR count). The van der Waals surface area contributed by atoms with E-state index >= 15 is 0 Å². The van der Waals surface area contributed by atoms with Crippen molar-refractivity contribution in [3.63, 3.8) is 0 Å². The molecule has 0 aliphatic rings. The topological polar surface area (TPSA) is 45.8 Å². The van der Waals surface area contributed by atoms with Crippen LogP contribution in [0.1, 0.15) is 21.7 Å². The quantitative estimate of drug-likeness (QED) is 0.547. The van der Waals surface area contributed by atoms with Crippen LogP contribution in [0.3, 0.4) is 0 Å². The number of fused-ring (bicyclic) bond motifs is 1. The molecule has 6 heteroatoms. The fourth-order valence-electron chi connectivity index (χ4n) is 2.04. The van der Waals surface area contributed by atoms with Gasteiger partial charge in [0.25, 0.3) is 0 Å². The zero-order valence-electron chi connectivity index (χ0n) is 10.6. The van der Waals surface area contributed by atoms with Gasteiger partial charge in [-0.05, 0) is 18.2 Å². The highest BCUT2D eigenvalue weighted by molar-refractivity contribution is 6.66. The second kappa shape index (κ2) is 5.34. The van der Waals surface area contributed by atoms with Crippen molar-refractivity contribution in [1.29, 1.82) is 0 Å². The molecule has 106 valence electrons. The molecule has 0 amide bonds. The van der Waals surface area contributed by atoms with Crippen molar-refractivity contribution in [3.05, 3.63) is 65.5 Å². The number of halogens is 3. The molecule has 0 spiro atoms. The Morgan fingerprint density at radius 1 is 1.00 bits per heavy atom. The first-order valence-electron chi connectivity index (χ1n) is 6.12. The summed E-state index contributed by atoms with van der Waals surface area (Å²) in [6.07, 6.45) is 0. The Kier molecular flexibility index (Phi) is 3.66. The second-order valence-electron chi connectivity index (χ2n) is 4.51. The summed E-state index contributed by atoms with van der Waals surface area (Å²) >= 11 is 17.4. The zero-order chi connectivity index (χ0) is 15.0. The van der Waals surface area contributed by atoms with Crippen LogP contribution in [-0.2, 0) is 3.79 Å². The minimum absolute atomic E-state index is 0.0671. The maximum absolute atomic E-state index is 12.4. The summed E-state index contributed by atoms with van der Waals surface area (Å²) in [5, 5.41) is 0. The number of H-pyrrole nitrogens is 1. The van der Waals surface area contributed by atoms with Gasteiger partial charge in [-0.25, -0.2) is 4.98 Å². The van der Waals surface area contributed by atoms with Gasteiger partial charge in [0, 0.05) is 11.1 Å². The third kappa shape index (κ3) is 2.91. The number of imidazole rings is 1. The number of aromatic nitrogens is 2. The molecule has 3 aromatic rings. The molecule has 0 saturated heterocycles. The smallest absolute Gasteiger partial charge is 0.248 e. The number of nitrogens with one attached hydrogen (secondary N) is 1. The first-order chi connectivity index (χ1) is 9.95. The number of nitrogens with zero attached hydrogens (tertiary/aromatic N) is 1. The SMILES string of the molecule is O=C(c1ccccc1)c1ccc2nc(C(Cl)(Cl)Cl)[nH]c2c1. The first kappa shape index (κ1) is 14.4. The van der Waals surface area contributed by atoms with Gasteiger partial charge in [-0.3, -0.25) is 4.79 Å². The lowest BCUT2D eigenvalue weighted by atomic mass is 10.0. The lowest BCUT2D eigenvalue weighted by molar-refractivity contribution is 0.103. The predicted molar refractivity (Wildman–Crippen MR) is 85.2 cm³/mol. The standard InChI is InChI=1S/C15H9Cl3N2O/c16-15(17,18)14-19-11-7-6-10(8-12(11)20-14)13(21)9-4-2-1-3-5-9/h1-8H,(H,19,20). The lowest BCUT2D eigenvalue weighted by Gasteiger charge is -2.04. The normalized spacial score (nSPS) is 11.8. The van der Waals surface area contributed by atoms with Gasteiger partial charge in [0.05, 0.1) is 11.0 Å². The largest absolute Gasteiger partial charge is 0.338 e. The molecule has 0 unspecified atom stereocenters. The van der Waals surface area contributed by atoms with Crippen LogP contribution in [-0.4, -0.2) is 15.8 Å². The summed E-state index contributed by atoms with van der Waals surface area (Å²) in [5.41, 5.74) is 2.46. The van der Waals surface area contributed by atoms with E-state index in [1.165, 1.54) is 0 Å². The van der Waals surface area contributed by atoms with Crippen LogP contribution >= 0.6 is 34.8 Å². The number of alkyl halides is 3. The zero-order valence-corrected chi connectivity index (χ0v) is 12.9. The number of hydrogen-bond acceptors (Lipinski definition) is 2. The highest BCUT2D eigenvalue weighted by atomic mass is 35.6. The highest BCUT2D eigenvalue weighted by Crippen LogP contribution is 2.37. The monoisotopic (exact) mass is 338 g/mol. The van der Waals surface area contributed by atoms with E-state index in [0.29, 0.717) is 22.2 Å².